The molecule has 1 amide bonds. The second kappa shape index (κ2) is 7.04. The Balaban J connectivity index is 2.30. The molecule has 0 aliphatic heterocycles. The van der Waals surface area contributed by atoms with Gasteiger partial charge < -0.3 is 10.1 Å². The van der Waals surface area contributed by atoms with Crippen LogP contribution >= 0.6 is 27.3 Å². The van der Waals surface area contributed by atoms with Crippen LogP contribution in [0.2, 0.25) is 0 Å². The fourth-order valence-corrected chi connectivity index (χ4v) is 2.63. The Hall–Kier alpha value is -0.390. The number of thiophene rings is 1. The number of hydrogen-bond acceptors (Lipinski definition) is 3. The number of hydrogen-bond donors (Lipinski definition) is 1. The van der Waals surface area contributed by atoms with Crippen molar-refractivity contribution in [2.24, 2.45) is 0 Å². The van der Waals surface area contributed by atoms with Gasteiger partial charge in [-0.1, -0.05) is 0 Å². The van der Waals surface area contributed by atoms with Gasteiger partial charge in [0, 0.05) is 19.8 Å². The summed E-state index contributed by atoms with van der Waals surface area (Å²) in [6.45, 7) is 6.03. The maximum atomic E-state index is 11.7. The van der Waals surface area contributed by atoms with Crippen molar-refractivity contribution >= 4 is 33.2 Å². The van der Waals surface area contributed by atoms with Gasteiger partial charge in [-0.3, -0.25) is 4.79 Å². The molecule has 16 heavy (non-hydrogen) atoms. The summed E-state index contributed by atoms with van der Waals surface area (Å²) in [4.78, 5) is 12.4. The normalized spacial score (nSPS) is 10.4. The minimum atomic E-state index is -0.00435. The number of amides is 1. The molecule has 0 spiro atoms. The maximum absolute atomic E-state index is 11.7. The van der Waals surface area contributed by atoms with Crippen LogP contribution in [0.25, 0.3) is 0 Å². The third-order valence-corrected chi connectivity index (χ3v) is 4.17. The molecule has 0 radical (unpaired) electrons. The third-order valence-electron chi connectivity index (χ3n) is 2.04. The van der Waals surface area contributed by atoms with E-state index in [0.717, 1.165) is 27.3 Å². The average molecular weight is 306 g/mol. The van der Waals surface area contributed by atoms with Gasteiger partial charge in [-0.15, -0.1) is 11.3 Å². The zero-order chi connectivity index (χ0) is 12.0. The quantitative estimate of drug-likeness (QED) is 0.821. The van der Waals surface area contributed by atoms with Crippen LogP contribution in [0.15, 0.2) is 9.85 Å². The van der Waals surface area contributed by atoms with E-state index in [1.54, 1.807) is 0 Å². The third kappa shape index (κ3) is 4.23. The first-order valence-corrected chi connectivity index (χ1v) is 6.88. The van der Waals surface area contributed by atoms with Crippen molar-refractivity contribution in [3.05, 3.63) is 20.3 Å². The van der Waals surface area contributed by atoms with Gasteiger partial charge in [0.15, 0.2) is 0 Å². The molecule has 1 aromatic heterocycles. The van der Waals surface area contributed by atoms with Crippen LogP contribution < -0.4 is 5.32 Å². The number of carbonyl (C=O) groups is 1. The van der Waals surface area contributed by atoms with Gasteiger partial charge in [0.25, 0.3) is 5.91 Å². The van der Waals surface area contributed by atoms with Crippen molar-refractivity contribution in [2.75, 3.05) is 19.8 Å². The number of carbonyl (C=O) groups excluding carboxylic acids is 1. The first-order chi connectivity index (χ1) is 7.65. The molecule has 0 bridgehead atoms. The van der Waals surface area contributed by atoms with Crippen LogP contribution in [0.1, 0.15) is 28.6 Å². The number of halogens is 1. The van der Waals surface area contributed by atoms with Gasteiger partial charge in [-0.25, -0.2) is 0 Å². The minimum absolute atomic E-state index is 0.00435. The predicted octanol–water partition coefficient (Wildman–Crippen LogP) is 2.98. The fraction of sp³-hybridized carbons (Fsp3) is 0.545. The lowest BCUT2D eigenvalue weighted by Crippen LogP contribution is -2.24. The Labute approximate surface area is 108 Å². The Bertz CT molecular complexity index is 332. The molecular formula is C11H16BrNO2S. The SMILES string of the molecule is CCOCCCNC(=O)c1cc(C)c(Br)s1. The van der Waals surface area contributed by atoms with Crippen molar-refractivity contribution in [3.63, 3.8) is 0 Å². The second-order valence-electron chi connectivity index (χ2n) is 3.37. The largest absolute Gasteiger partial charge is 0.382 e. The van der Waals surface area contributed by atoms with Crippen LogP contribution in [0.5, 0.6) is 0 Å². The summed E-state index contributed by atoms with van der Waals surface area (Å²) in [6, 6.07) is 1.90. The number of aryl methyl sites for hydroxylation is 1. The Morgan fingerprint density at radius 2 is 2.38 bits per heavy atom. The van der Waals surface area contributed by atoms with Crippen molar-refractivity contribution in [1.82, 2.24) is 5.32 Å². The van der Waals surface area contributed by atoms with Gasteiger partial charge in [-0.05, 0) is 47.8 Å². The summed E-state index contributed by atoms with van der Waals surface area (Å²) < 4.78 is 6.21. The summed E-state index contributed by atoms with van der Waals surface area (Å²) in [5.74, 6) is -0.00435. The van der Waals surface area contributed by atoms with Crippen molar-refractivity contribution in [3.8, 4) is 0 Å². The average Bonchev–Trinajstić information content (AvgIpc) is 2.59. The first-order valence-electron chi connectivity index (χ1n) is 5.27. The highest BCUT2D eigenvalue weighted by Crippen LogP contribution is 2.27. The molecule has 3 nitrogen and oxygen atoms in total. The molecule has 5 heteroatoms. The summed E-state index contributed by atoms with van der Waals surface area (Å²) in [7, 11) is 0. The first kappa shape index (κ1) is 13.7. The molecular weight excluding hydrogens is 290 g/mol. The smallest absolute Gasteiger partial charge is 0.261 e. The lowest BCUT2D eigenvalue weighted by molar-refractivity contribution is 0.0948. The zero-order valence-corrected chi connectivity index (χ0v) is 11.9. The maximum Gasteiger partial charge on any atom is 0.261 e. The fourth-order valence-electron chi connectivity index (χ4n) is 1.18. The molecule has 0 unspecified atom stereocenters. The molecule has 0 saturated heterocycles. The van der Waals surface area contributed by atoms with E-state index >= 15 is 0 Å². The molecule has 0 aliphatic carbocycles. The van der Waals surface area contributed by atoms with E-state index in [1.165, 1.54) is 11.3 Å². The summed E-state index contributed by atoms with van der Waals surface area (Å²) in [5, 5.41) is 2.87. The topological polar surface area (TPSA) is 38.3 Å². The summed E-state index contributed by atoms with van der Waals surface area (Å²) in [5.41, 5.74) is 1.10. The van der Waals surface area contributed by atoms with Gasteiger partial charge in [0.05, 0.1) is 8.66 Å². The second-order valence-corrected chi connectivity index (χ2v) is 5.74. The Kier molecular flexibility index (Phi) is 6.01. The van der Waals surface area contributed by atoms with E-state index in [2.05, 4.69) is 21.2 Å². The Morgan fingerprint density at radius 3 is 2.94 bits per heavy atom. The van der Waals surface area contributed by atoms with Gasteiger partial charge >= 0.3 is 0 Å². The van der Waals surface area contributed by atoms with E-state index in [4.69, 9.17) is 4.74 Å². The molecule has 0 saturated carbocycles. The molecule has 1 aromatic rings. The van der Waals surface area contributed by atoms with Crippen LogP contribution in [-0.2, 0) is 4.74 Å². The molecule has 90 valence electrons. The minimum Gasteiger partial charge on any atom is -0.382 e. The number of nitrogens with one attached hydrogen (secondary N) is 1. The monoisotopic (exact) mass is 305 g/mol. The standard InChI is InChI=1S/C11H16BrNO2S/c1-3-15-6-4-5-13-11(14)9-7-8(2)10(12)16-9/h7H,3-6H2,1-2H3,(H,13,14). The van der Waals surface area contributed by atoms with Gasteiger partial charge in [0.2, 0.25) is 0 Å². The highest BCUT2D eigenvalue weighted by atomic mass is 79.9. The van der Waals surface area contributed by atoms with Crippen molar-refractivity contribution < 1.29 is 9.53 Å². The van der Waals surface area contributed by atoms with Crippen LogP contribution in [0, 0.1) is 6.92 Å². The van der Waals surface area contributed by atoms with Gasteiger partial charge in [-0.2, -0.15) is 0 Å². The summed E-state index contributed by atoms with van der Waals surface area (Å²) in [6.07, 6.45) is 0.852. The molecule has 1 heterocycles. The molecule has 1 rings (SSSR count). The van der Waals surface area contributed by atoms with Crippen molar-refractivity contribution in [1.29, 1.82) is 0 Å². The Morgan fingerprint density at radius 1 is 1.62 bits per heavy atom. The van der Waals surface area contributed by atoms with E-state index in [1.807, 2.05) is 19.9 Å². The predicted molar refractivity (Wildman–Crippen MR) is 70.2 cm³/mol. The molecule has 0 aliphatic rings. The lowest BCUT2D eigenvalue weighted by atomic mass is 10.3. The van der Waals surface area contributed by atoms with Crippen LogP contribution in [0.4, 0.5) is 0 Å². The van der Waals surface area contributed by atoms with E-state index < -0.39 is 0 Å². The van der Waals surface area contributed by atoms with Gasteiger partial charge in [0.1, 0.15) is 0 Å². The molecule has 0 aromatic carbocycles. The molecule has 1 N–H and O–H groups in total. The molecule has 0 atom stereocenters. The number of ether oxygens (including phenoxy) is 1. The number of rotatable bonds is 6. The van der Waals surface area contributed by atoms with Crippen LogP contribution in [-0.4, -0.2) is 25.7 Å². The zero-order valence-electron chi connectivity index (χ0n) is 9.51. The van der Waals surface area contributed by atoms with E-state index in [0.29, 0.717) is 13.2 Å². The highest BCUT2D eigenvalue weighted by Gasteiger charge is 2.10. The molecule has 0 fully saturated rings. The van der Waals surface area contributed by atoms with E-state index in [9.17, 15) is 4.79 Å². The lowest BCUT2D eigenvalue weighted by Gasteiger charge is -2.03. The van der Waals surface area contributed by atoms with E-state index in [-0.39, 0.29) is 5.91 Å². The highest BCUT2D eigenvalue weighted by molar-refractivity contribution is 9.11. The van der Waals surface area contributed by atoms with Crippen molar-refractivity contribution in [2.45, 2.75) is 20.3 Å². The summed E-state index contributed by atoms with van der Waals surface area (Å²) >= 11 is 4.87. The van der Waals surface area contributed by atoms with Crippen LogP contribution in [0.3, 0.4) is 0 Å².